The summed E-state index contributed by atoms with van der Waals surface area (Å²) in [5, 5.41) is 5.73. The number of amides is 2. The number of carbonyl (C=O) groups is 3. The highest BCUT2D eigenvalue weighted by Crippen LogP contribution is 2.36. The van der Waals surface area contributed by atoms with Gasteiger partial charge in [-0.2, -0.15) is 0 Å². The summed E-state index contributed by atoms with van der Waals surface area (Å²) in [5.41, 5.74) is 10.7. The Hall–Kier alpha value is -3.75. The maximum absolute atomic E-state index is 13.1. The molecule has 39 heavy (non-hydrogen) atoms. The summed E-state index contributed by atoms with van der Waals surface area (Å²) in [6, 6.07) is 18.7. The molecule has 0 unspecified atom stereocenters. The Morgan fingerprint density at radius 1 is 1.03 bits per heavy atom. The molecule has 1 aliphatic heterocycles. The highest BCUT2D eigenvalue weighted by Gasteiger charge is 2.29. The van der Waals surface area contributed by atoms with Gasteiger partial charge in [-0.3, -0.25) is 14.4 Å². The lowest BCUT2D eigenvalue weighted by atomic mass is 10.0. The summed E-state index contributed by atoms with van der Waals surface area (Å²) in [7, 11) is 1.18. The first-order chi connectivity index (χ1) is 18.8. The van der Waals surface area contributed by atoms with Gasteiger partial charge in [-0.25, -0.2) is 0 Å². The first-order valence-electron chi connectivity index (χ1n) is 12.6. The largest absolute Gasteiger partial charge is 0.468 e. The number of hydrogen-bond donors (Lipinski definition) is 3. The number of rotatable bonds is 9. The average Bonchev–Trinajstić information content (AvgIpc) is 2.94. The van der Waals surface area contributed by atoms with Crippen molar-refractivity contribution in [2.45, 2.75) is 19.3 Å². The summed E-state index contributed by atoms with van der Waals surface area (Å²) >= 11 is 12.9. The number of nitrogens with zero attached hydrogens (tertiary/aromatic N) is 1. The number of aryl methyl sites for hydroxylation is 1. The van der Waals surface area contributed by atoms with E-state index in [1.807, 2.05) is 48.5 Å². The molecule has 0 aliphatic carbocycles. The second kappa shape index (κ2) is 12.9. The number of esters is 1. The summed E-state index contributed by atoms with van der Waals surface area (Å²) in [6.45, 7) is 1.07. The molecule has 10 heteroatoms. The van der Waals surface area contributed by atoms with Crippen LogP contribution in [0, 0.1) is 5.92 Å². The third-order valence-electron chi connectivity index (χ3n) is 6.64. The first-order valence-corrected chi connectivity index (χ1v) is 13.4. The molecule has 0 radical (unpaired) electrons. The molecule has 0 bridgehead atoms. The van der Waals surface area contributed by atoms with Crippen molar-refractivity contribution in [2.75, 3.05) is 42.7 Å². The van der Waals surface area contributed by atoms with Crippen molar-refractivity contribution >= 4 is 58.0 Å². The number of anilines is 3. The number of ether oxygens (including phenoxy) is 1. The molecule has 2 amide bonds. The second-order valence-corrected chi connectivity index (χ2v) is 10.1. The number of carbonyl (C=O) groups excluding carboxylic acids is 3. The maximum Gasteiger partial charge on any atom is 0.320 e. The summed E-state index contributed by atoms with van der Waals surface area (Å²) in [6.07, 6.45) is 2.14. The average molecular weight is 569 g/mol. The van der Waals surface area contributed by atoms with Crippen LogP contribution < -0.4 is 21.3 Å². The number of methoxy groups -OCH3 is 1. The molecule has 1 aliphatic rings. The molecule has 0 fully saturated rings. The van der Waals surface area contributed by atoms with Gasteiger partial charge in [-0.15, -0.1) is 0 Å². The lowest BCUT2D eigenvalue weighted by molar-refractivity contribution is -0.148. The van der Waals surface area contributed by atoms with Crippen LogP contribution in [0.3, 0.4) is 0 Å². The molecule has 1 heterocycles. The highest BCUT2D eigenvalue weighted by molar-refractivity contribution is 6.40. The van der Waals surface area contributed by atoms with Crippen LogP contribution in [0.5, 0.6) is 0 Å². The monoisotopic (exact) mass is 568 g/mol. The number of nitrogens with one attached hydrogen (secondary N) is 2. The number of nitrogens with two attached hydrogens (primary N) is 1. The normalized spacial score (nSPS) is 13.3. The Kier molecular flexibility index (Phi) is 9.32. The van der Waals surface area contributed by atoms with Crippen LogP contribution in [0.4, 0.5) is 17.1 Å². The smallest absolute Gasteiger partial charge is 0.320 e. The molecule has 204 valence electrons. The van der Waals surface area contributed by atoms with Crippen molar-refractivity contribution in [3.63, 3.8) is 0 Å². The molecule has 1 atom stereocenters. The van der Waals surface area contributed by atoms with E-state index in [0.717, 1.165) is 36.2 Å². The minimum Gasteiger partial charge on any atom is -0.468 e. The second-order valence-electron chi connectivity index (χ2n) is 9.28. The lowest BCUT2D eigenvalue weighted by Crippen LogP contribution is -2.41. The van der Waals surface area contributed by atoms with Crippen LogP contribution in [0.25, 0.3) is 11.1 Å². The molecular formula is C29H30Cl2N4O4. The van der Waals surface area contributed by atoms with E-state index in [-0.39, 0.29) is 34.6 Å². The Labute approximate surface area is 237 Å². The Balaban J connectivity index is 1.38. The van der Waals surface area contributed by atoms with Crippen molar-refractivity contribution in [3.8, 4) is 11.1 Å². The van der Waals surface area contributed by atoms with Crippen LogP contribution in [0.2, 0.25) is 10.0 Å². The quantitative estimate of drug-likeness (QED) is 0.191. The number of benzene rings is 3. The number of halogens is 2. The standard InChI is InChI=1S/C29H30Cl2N4O4/c1-39-29(38)22(17-33-26(36)11-13-35-12-5-8-19-9-10-21(32)16-25(19)35)28(37)34-27-23(30)14-20(15-24(27)31)18-6-3-2-4-7-18/h2-4,6-7,9-10,14-16,22H,5,8,11-13,17,32H2,1H3,(H,33,36)(H,34,37)/t22-/m0/s1. The van der Waals surface area contributed by atoms with Crippen molar-refractivity contribution in [2.24, 2.45) is 5.92 Å². The molecule has 3 aromatic carbocycles. The molecule has 0 saturated carbocycles. The minimum atomic E-state index is -1.30. The Bertz CT molecular complexity index is 1340. The molecular weight excluding hydrogens is 539 g/mol. The zero-order valence-electron chi connectivity index (χ0n) is 21.5. The van der Waals surface area contributed by atoms with Crippen LogP contribution in [0.15, 0.2) is 60.7 Å². The van der Waals surface area contributed by atoms with E-state index in [1.54, 1.807) is 12.1 Å². The van der Waals surface area contributed by atoms with E-state index in [4.69, 9.17) is 33.7 Å². The van der Waals surface area contributed by atoms with Crippen LogP contribution in [-0.4, -0.2) is 44.5 Å². The van der Waals surface area contributed by atoms with E-state index in [9.17, 15) is 14.4 Å². The molecule has 0 spiro atoms. The Morgan fingerprint density at radius 3 is 2.44 bits per heavy atom. The van der Waals surface area contributed by atoms with E-state index >= 15 is 0 Å². The van der Waals surface area contributed by atoms with Gasteiger partial charge in [0.25, 0.3) is 0 Å². The fourth-order valence-electron chi connectivity index (χ4n) is 4.57. The molecule has 0 saturated heterocycles. The third kappa shape index (κ3) is 7.02. The first kappa shape index (κ1) is 28.3. The predicted molar refractivity (Wildman–Crippen MR) is 155 cm³/mol. The summed E-state index contributed by atoms with van der Waals surface area (Å²) < 4.78 is 4.81. The number of hydrogen-bond acceptors (Lipinski definition) is 6. The zero-order chi connectivity index (χ0) is 27.9. The summed E-state index contributed by atoms with van der Waals surface area (Å²) in [4.78, 5) is 40.3. The van der Waals surface area contributed by atoms with Gasteiger partial charge in [-0.05, 0) is 53.8 Å². The van der Waals surface area contributed by atoms with Crippen molar-refractivity contribution in [1.29, 1.82) is 0 Å². The number of fused-ring (bicyclic) bond motifs is 1. The van der Waals surface area contributed by atoms with E-state index < -0.39 is 17.8 Å². The van der Waals surface area contributed by atoms with Gasteiger partial charge in [-0.1, -0.05) is 59.6 Å². The zero-order valence-corrected chi connectivity index (χ0v) is 23.0. The fourth-order valence-corrected chi connectivity index (χ4v) is 5.15. The SMILES string of the molecule is COC(=O)[C@@H](CNC(=O)CCN1CCCc2ccc(N)cc21)C(=O)Nc1c(Cl)cc(-c2ccccc2)cc1Cl. The topological polar surface area (TPSA) is 114 Å². The lowest BCUT2D eigenvalue weighted by Gasteiger charge is -2.31. The van der Waals surface area contributed by atoms with Crippen LogP contribution in [-0.2, 0) is 25.5 Å². The molecule has 8 nitrogen and oxygen atoms in total. The predicted octanol–water partition coefficient (Wildman–Crippen LogP) is 4.93. The van der Waals surface area contributed by atoms with Crippen molar-refractivity contribution < 1.29 is 19.1 Å². The fraction of sp³-hybridized carbons (Fsp3) is 0.276. The van der Waals surface area contributed by atoms with Gasteiger partial charge in [0.2, 0.25) is 11.8 Å². The molecule has 4 rings (SSSR count). The van der Waals surface area contributed by atoms with Crippen molar-refractivity contribution in [3.05, 3.63) is 76.3 Å². The van der Waals surface area contributed by atoms with Crippen molar-refractivity contribution in [1.82, 2.24) is 5.32 Å². The summed E-state index contributed by atoms with van der Waals surface area (Å²) in [5.74, 6) is -3.08. The van der Waals surface area contributed by atoms with Gasteiger partial charge in [0.15, 0.2) is 5.92 Å². The van der Waals surface area contributed by atoms with E-state index in [2.05, 4.69) is 15.5 Å². The van der Waals surface area contributed by atoms with E-state index in [1.165, 1.54) is 12.7 Å². The third-order valence-corrected chi connectivity index (χ3v) is 7.23. The Morgan fingerprint density at radius 2 is 1.74 bits per heavy atom. The highest BCUT2D eigenvalue weighted by atomic mass is 35.5. The van der Waals surface area contributed by atoms with Crippen LogP contribution >= 0.6 is 23.2 Å². The van der Waals surface area contributed by atoms with Crippen LogP contribution in [0.1, 0.15) is 18.4 Å². The molecule has 3 aromatic rings. The maximum atomic E-state index is 13.1. The van der Waals surface area contributed by atoms with Gasteiger partial charge in [0.1, 0.15) is 0 Å². The molecule has 4 N–H and O–H groups in total. The van der Waals surface area contributed by atoms with Gasteiger partial charge in [0, 0.05) is 37.4 Å². The molecule has 0 aromatic heterocycles. The van der Waals surface area contributed by atoms with Gasteiger partial charge < -0.3 is 26.0 Å². The number of nitrogen functional groups attached to an aromatic ring is 1. The minimum absolute atomic E-state index is 0.172. The van der Waals surface area contributed by atoms with Gasteiger partial charge in [0.05, 0.1) is 22.8 Å². The van der Waals surface area contributed by atoms with Gasteiger partial charge >= 0.3 is 5.97 Å². The van der Waals surface area contributed by atoms with E-state index in [0.29, 0.717) is 12.2 Å².